The lowest BCUT2D eigenvalue weighted by Gasteiger charge is -2.32. The van der Waals surface area contributed by atoms with Gasteiger partial charge in [-0.05, 0) is 24.1 Å². The first-order chi connectivity index (χ1) is 10.8. The molecule has 0 saturated carbocycles. The van der Waals surface area contributed by atoms with Crippen molar-refractivity contribution in [3.63, 3.8) is 0 Å². The smallest absolute Gasteiger partial charge is 0.262 e. The summed E-state index contributed by atoms with van der Waals surface area (Å²) in [5.74, 6) is 0.664. The Balaban J connectivity index is 1.66. The number of nitrogens with one attached hydrogen (secondary N) is 2. The quantitative estimate of drug-likeness (QED) is 0.888. The van der Waals surface area contributed by atoms with Gasteiger partial charge >= 0.3 is 0 Å². The van der Waals surface area contributed by atoms with Gasteiger partial charge in [-0.25, -0.2) is 0 Å². The second kappa shape index (κ2) is 7.09. The Morgan fingerprint density at radius 3 is 2.45 bits per heavy atom. The zero-order valence-electron chi connectivity index (χ0n) is 12.4. The summed E-state index contributed by atoms with van der Waals surface area (Å²) in [5.41, 5.74) is 1.20. The molecule has 2 aromatic rings. The molecule has 1 fully saturated rings. The van der Waals surface area contributed by atoms with Crippen molar-refractivity contribution in [1.82, 2.24) is 10.6 Å². The standard InChI is InChI=1S/C18H20N2O2/c21-18-17(22-15-9-5-2-6-10-15)16(11-12-19-18)20-13-14-7-3-1-4-8-14/h1-10,16-17,20H,11-13H2,(H,19,21)/t16-,17+/m0/s1. The molecule has 2 atom stereocenters. The van der Waals surface area contributed by atoms with E-state index in [4.69, 9.17) is 4.74 Å². The summed E-state index contributed by atoms with van der Waals surface area (Å²) in [6, 6.07) is 19.7. The maximum Gasteiger partial charge on any atom is 0.262 e. The molecule has 4 nitrogen and oxygen atoms in total. The van der Waals surface area contributed by atoms with E-state index < -0.39 is 6.10 Å². The number of para-hydroxylation sites is 1. The fraction of sp³-hybridized carbons (Fsp3) is 0.278. The largest absolute Gasteiger partial charge is 0.479 e. The van der Waals surface area contributed by atoms with Crippen LogP contribution < -0.4 is 15.4 Å². The molecule has 1 aliphatic heterocycles. The molecular weight excluding hydrogens is 276 g/mol. The Hall–Kier alpha value is -2.33. The molecule has 2 N–H and O–H groups in total. The van der Waals surface area contributed by atoms with Crippen LogP contribution >= 0.6 is 0 Å². The van der Waals surface area contributed by atoms with Crippen molar-refractivity contribution in [2.45, 2.75) is 25.1 Å². The summed E-state index contributed by atoms with van der Waals surface area (Å²) < 4.78 is 5.89. The van der Waals surface area contributed by atoms with Crippen molar-refractivity contribution < 1.29 is 9.53 Å². The van der Waals surface area contributed by atoms with Gasteiger partial charge < -0.3 is 15.4 Å². The molecular formula is C18H20N2O2. The van der Waals surface area contributed by atoms with Crippen molar-refractivity contribution in [1.29, 1.82) is 0 Å². The molecule has 0 aromatic heterocycles. The van der Waals surface area contributed by atoms with Gasteiger partial charge in [0.15, 0.2) is 6.10 Å². The number of carbonyl (C=O) groups is 1. The molecule has 0 radical (unpaired) electrons. The molecule has 1 aliphatic rings. The molecule has 2 aromatic carbocycles. The zero-order chi connectivity index (χ0) is 15.2. The van der Waals surface area contributed by atoms with Gasteiger partial charge in [0.2, 0.25) is 0 Å². The van der Waals surface area contributed by atoms with Gasteiger partial charge in [-0.1, -0.05) is 48.5 Å². The first-order valence-corrected chi connectivity index (χ1v) is 7.59. The lowest BCUT2D eigenvalue weighted by molar-refractivity contribution is -0.131. The Labute approximate surface area is 130 Å². The van der Waals surface area contributed by atoms with Gasteiger partial charge in [-0.15, -0.1) is 0 Å². The van der Waals surface area contributed by atoms with Crippen LogP contribution in [0, 0.1) is 0 Å². The minimum Gasteiger partial charge on any atom is -0.479 e. The SMILES string of the molecule is O=C1NCC[C@H](NCc2ccccc2)[C@H]1Oc1ccccc1. The van der Waals surface area contributed by atoms with E-state index in [1.165, 1.54) is 5.56 Å². The Kier molecular flexibility index (Phi) is 4.71. The molecule has 3 rings (SSSR count). The van der Waals surface area contributed by atoms with E-state index in [0.717, 1.165) is 18.7 Å². The van der Waals surface area contributed by atoms with Gasteiger partial charge in [0, 0.05) is 13.1 Å². The molecule has 114 valence electrons. The summed E-state index contributed by atoms with van der Waals surface area (Å²) in [6.07, 6.45) is 0.357. The predicted molar refractivity (Wildman–Crippen MR) is 85.6 cm³/mol. The number of carbonyl (C=O) groups excluding carboxylic acids is 1. The highest BCUT2D eigenvalue weighted by atomic mass is 16.5. The fourth-order valence-corrected chi connectivity index (χ4v) is 2.62. The van der Waals surface area contributed by atoms with Crippen LogP contribution in [0.25, 0.3) is 0 Å². The zero-order valence-corrected chi connectivity index (χ0v) is 12.4. The normalized spacial score (nSPS) is 21.2. The number of ether oxygens (including phenoxy) is 1. The molecule has 22 heavy (non-hydrogen) atoms. The molecule has 0 aliphatic carbocycles. The Morgan fingerprint density at radius 1 is 1.05 bits per heavy atom. The number of benzene rings is 2. The van der Waals surface area contributed by atoms with E-state index in [-0.39, 0.29) is 11.9 Å². The van der Waals surface area contributed by atoms with Crippen molar-refractivity contribution in [3.05, 3.63) is 66.2 Å². The first kappa shape index (κ1) is 14.6. The Morgan fingerprint density at radius 2 is 1.73 bits per heavy atom. The topological polar surface area (TPSA) is 50.4 Å². The predicted octanol–water partition coefficient (Wildman–Crippen LogP) is 2.11. The Bertz CT molecular complexity index is 601. The fourth-order valence-electron chi connectivity index (χ4n) is 2.62. The number of hydrogen-bond donors (Lipinski definition) is 2. The average Bonchev–Trinajstić information content (AvgIpc) is 2.57. The van der Waals surface area contributed by atoms with E-state index in [0.29, 0.717) is 6.54 Å². The van der Waals surface area contributed by atoms with Crippen LogP contribution in [0.3, 0.4) is 0 Å². The minimum atomic E-state index is -0.500. The van der Waals surface area contributed by atoms with Crippen LogP contribution in [-0.2, 0) is 11.3 Å². The maximum absolute atomic E-state index is 12.1. The van der Waals surface area contributed by atoms with E-state index in [1.54, 1.807) is 0 Å². The summed E-state index contributed by atoms with van der Waals surface area (Å²) in [6.45, 7) is 1.41. The van der Waals surface area contributed by atoms with Crippen LogP contribution in [0.4, 0.5) is 0 Å². The summed E-state index contributed by atoms with van der Waals surface area (Å²) in [5, 5.41) is 6.33. The van der Waals surface area contributed by atoms with Gasteiger partial charge in [0.1, 0.15) is 5.75 Å². The third kappa shape index (κ3) is 3.65. The van der Waals surface area contributed by atoms with Gasteiger partial charge in [-0.2, -0.15) is 0 Å². The summed E-state index contributed by atoms with van der Waals surface area (Å²) >= 11 is 0. The lowest BCUT2D eigenvalue weighted by Crippen LogP contribution is -2.57. The maximum atomic E-state index is 12.1. The van der Waals surface area contributed by atoms with Crippen LogP contribution in [0.1, 0.15) is 12.0 Å². The number of hydrogen-bond acceptors (Lipinski definition) is 3. The molecule has 1 heterocycles. The van der Waals surface area contributed by atoms with Crippen LogP contribution in [0.2, 0.25) is 0 Å². The third-order valence-electron chi connectivity index (χ3n) is 3.80. The highest BCUT2D eigenvalue weighted by molar-refractivity contribution is 5.82. The van der Waals surface area contributed by atoms with E-state index in [9.17, 15) is 4.79 Å². The van der Waals surface area contributed by atoms with Gasteiger partial charge in [0.05, 0.1) is 6.04 Å². The van der Waals surface area contributed by atoms with E-state index in [1.807, 2.05) is 48.5 Å². The van der Waals surface area contributed by atoms with Crippen LogP contribution in [-0.4, -0.2) is 24.6 Å². The monoisotopic (exact) mass is 296 g/mol. The van der Waals surface area contributed by atoms with Crippen LogP contribution in [0.15, 0.2) is 60.7 Å². The summed E-state index contributed by atoms with van der Waals surface area (Å²) in [4.78, 5) is 12.1. The van der Waals surface area contributed by atoms with Crippen molar-refractivity contribution in [2.24, 2.45) is 0 Å². The number of rotatable bonds is 5. The van der Waals surface area contributed by atoms with Crippen LogP contribution in [0.5, 0.6) is 5.75 Å². The molecule has 0 spiro atoms. The molecule has 1 saturated heterocycles. The number of piperidine rings is 1. The van der Waals surface area contributed by atoms with Crippen molar-refractivity contribution in [3.8, 4) is 5.75 Å². The third-order valence-corrected chi connectivity index (χ3v) is 3.80. The number of amides is 1. The first-order valence-electron chi connectivity index (χ1n) is 7.59. The highest BCUT2D eigenvalue weighted by Gasteiger charge is 2.33. The van der Waals surface area contributed by atoms with Crippen molar-refractivity contribution in [2.75, 3.05) is 6.54 Å². The van der Waals surface area contributed by atoms with Crippen molar-refractivity contribution >= 4 is 5.91 Å². The molecule has 4 heteroatoms. The molecule has 1 amide bonds. The second-order valence-electron chi connectivity index (χ2n) is 5.40. The van der Waals surface area contributed by atoms with Gasteiger partial charge in [-0.3, -0.25) is 4.79 Å². The summed E-state index contributed by atoms with van der Waals surface area (Å²) in [7, 11) is 0. The van der Waals surface area contributed by atoms with Gasteiger partial charge in [0.25, 0.3) is 5.91 Å². The molecule has 0 bridgehead atoms. The van der Waals surface area contributed by atoms with E-state index in [2.05, 4.69) is 22.8 Å². The van der Waals surface area contributed by atoms with E-state index >= 15 is 0 Å². The molecule has 0 unspecified atom stereocenters. The lowest BCUT2D eigenvalue weighted by atomic mass is 10.0. The second-order valence-corrected chi connectivity index (χ2v) is 5.40. The minimum absolute atomic E-state index is 0.00848. The average molecular weight is 296 g/mol. The highest BCUT2D eigenvalue weighted by Crippen LogP contribution is 2.16.